The van der Waals surface area contributed by atoms with E-state index in [4.69, 9.17) is 7.16 Å². The van der Waals surface area contributed by atoms with Crippen molar-refractivity contribution >= 4 is 136 Å². The van der Waals surface area contributed by atoms with Crippen molar-refractivity contribution in [2.24, 2.45) is 0 Å². The standard InChI is InChI=1S/C76H42N6O/c1-78-71-73(79-60-33-13-6-25-49(60)50-26-7-14-34-61(50)79)59(44-77)74(80-62-35-15-8-27-51(62)52-28-9-16-36-63(52)80)76(75(71)81-64-37-17-10-29-53(64)54-30-11-18-38-65(54)81)82-66-39-20-32-55(58-43-45-21-2-3-22-46(45)47-23-4-5-24-48(47)58)69(66)57-41-42-68-70(72(57)82)56-31-12-19-40-67(56)83-68/h2-43H/i6D,7D,8D,9D,10D,11D,13D,14D,15D,16D,17D,18D,25D,26D,27D,28D,29D,30D,33D,34D,35D,36D,37D,38D. The van der Waals surface area contributed by atoms with Crippen LogP contribution in [0, 0.1) is 17.9 Å². The molecule has 0 saturated heterocycles. The lowest BCUT2D eigenvalue weighted by Crippen LogP contribution is -2.14. The maximum Gasteiger partial charge on any atom is 0.237 e. The van der Waals surface area contributed by atoms with Gasteiger partial charge in [-0.15, -0.1) is 0 Å². The fraction of sp³-hybridized carbons (Fsp3) is 0. The third kappa shape index (κ3) is 5.99. The molecule has 5 heterocycles. The molecule has 0 unspecified atom stereocenters. The van der Waals surface area contributed by atoms with Gasteiger partial charge in [0.15, 0.2) is 0 Å². The molecular formula is C76H42N6O. The Balaban J connectivity index is 1.27. The fourth-order valence-corrected chi connectivity index (χ4v) is 12.8. The van der Waals surface area contributed by atoms with Gasteiger partial charge in [-0.3, -0.25) is 0 Å². The predicted octanol–water partition coefficient (Wildman–Crippen LogP) is 20.4. The summed E-state index contributed by atoms with van der Waals surface area (Å²) in [7, 11) is 0. The van der Waals surface area contributed by atoms with Crippen LogP contribution in [0.2, 0.25) is 0 Å². The van der Waals surface area contributed by atoms with Gasteiger partial charge in [-0.25, -0.2) is 4.85 Å². The van der Waals surface area contributed by atoms with Crippen LogP contribution in [0.4, 0.5) is 5.69 Å². The summed E-state index contributed by atoms with van der Waals surface area (Å²) in [5.74, 6) is 0. The van der Waals surface area contributed by atoms with Gasteiger partial charge in [-0.2, -0.15) is 5.26 Å². The van der Waals surface area contributed by atoms with Gasteiger partial charge in [-0.05, 0) is 99.3 Å². The van der Waals surface area contributed by atoms with Crippen LogP contribution in [0.25, 0.3) is 169 Å². The van der Waals surface area contributed by atoms with Crippen molar-refractivity contribution in [2.75, 3.05) is 0 Å². The molecule has 0 bridgehead atoms. The van der Waals surface area contributed by atoms with Crippen molar-refractivity contribution in [3.05, 3.63) is 271 Å². The van der Waals surface area contributed by atoms with Crippen molar-refractivity contribution in [3.8, 4) is 39.9 Å². The Labute approximate surface area is 507 Å². The Kier molecular flexibility index (Phi) is 5.71. The van der Waals surface area contributed by atoms with Gasteiger partial charge < -0.3 is 22.7 Å². The number of furan rings is 1. The molecule has 0 atom stereocenters. The number of nitrogens with zero attached hydrogens (tertiary/aromatic N) is 6. The van der Waals surface area contributed by atoms with Crippen molar-refractivity contribution in [1.29, 1.82) is 5.26 Å². The summed E-state index contributed by atoms with van der Waals surface area (Å²) in [4.78, 5) is 4.31. The van der Waals surface area contributed by atoms with Gasteiger partial charge in [0.25, 0.3) is 0 Å². The highest BCUT2D eigenvalue weighted by atomic mass is 16.3. The number of nitriles is 1. The maximum absolute atomic E-state index is 13.1. The van der Waals surface area contributed by atoms with Crippen molar-refractivity contribution in [3.63, 3.8) is 0 Å². The van der Waals surface area contributed by atoms with Gasteiger partial charge in [0.1, 0.15) is 17.2 Å². The Hall–Kier alpha value is -11.6. The van der Waals surface area contributed by atoms with E-state index in [0.29, 0.717) is 38.3 Å². The first-order valence-electron chi connectivity index (χ1n) is 38.0. The Morgan fingerprint density at radius 2 is 0.855 bits per heavy atom. The van der Waals surface area contributed by atoms with Gasteiger partial charge >= 0.3 is 0 Å². The molecule has 0 fully saturated rings. The van der Waals surface area contributed by atoms with E-state index in [-0.39, 0.29) is 16.6 Å². The van der Waals surface area contributed by atoms with Gasteiger partial charge in [0, 0.05) is 48.5 Å². The van der Waals surface area contributed by atoms with E-state index in [1.807, 2.05) is 60.7 Å². The highest BCUT2D eigenvalue weighted by Crippen LogP contribution is 2.54. The van der Waals surface area contributed by atoms with Crippen LogP contribution in [0.5, 0.6) is 0 Å². The average Bonchev–Trinajstić information content (AvgIpc) is 1.52. The maximum atomic E-state index is 13.1. The molecule has 0 N–H and O–H groups in total. The summed E-state index contributed by atoms with van der Waals surface area (Å²) in [6.07, 6.45) is 0. The normalized spacial score (nSPS) is 16.1. The minimum atomic E-state index is -0.970. The lowest BCUT2D eigenvalue weighted by atomic mass is 9.91. The number of rotatable bonds is 5. The van der Waals surface area contributed by atoms with Gasteiger partial charge in [-0.1, -0.05) is 188 Å². The molecule has 0 aliphatic heterocycles. The van der Waals surface area contributed by atoms with Crippen LogP contribution in [0.1, 0.15) is 38.5 Å². The molecule has 0 radical (unpaired) electrons. The summed E-state index contributed by atoms with van der Waals surface area (Å²) in [5.41, 5.74) is -7.06. The predicted molar refractivity (Wildman–Crippen MR) is 343 cm³/mol. The molecular weight excluding hydrogens is 1010 g/mol. The summed E-state index contributed by atoms with van der Waals surface area (Å²) in [6.45, 7) is 10.1. The SMILES string of the molecule is [2H]c1c([2H])c([2H])c2c(c1[2H])c1c([2H])c([2H])c([2H])c([2H])c1n2-c1c(C#N)c(-n2c3c([2H])c([2H])c([2H])c([2H])c3c3c([2H])c([2H])c([2H])c([2H])c32)c(-n2c3cccc(-c4cc5ccccc5c5ccccc45)c3c3ccc4oc5ccccc5c4c32)c(-n2c3c([2H])c([2H])c([2H])c([2H])c3c3c([2H])c([2H])c([2H])c([2H])c32)c1[N+]#[C-]. The molecule has 382 valence electrons. The van der Waals surface area contributed by atoms with Crippen molar-refractivity contribution in [1.82, 2.24) is 18.3 Å². The van der Waals surface area contributed by atoms with Crippen LogP contribution >= 0.6 is 0 Å². The molecule has 7 heteroatoms. The number of benzene rings is 13. The van der Waals surface area contributed by atoms with E-state index in [1.54, 1.807) is 53.1 Å². The zero-order chi connectivity index (χ0) is 75.5. The molecule has 5 aromatic heterocycles. The molecule has 18 aromatic rings. The minimum absolute atomic E-state index is 0.115. The van der Waals surface area contributed by atoms with E-state index >= 15 is 0 Å². The third-order valence-corrected chi connectivity index (χ3v) is 15.9. The largest absolute Gasteiger partial charge is 0.456 e. The molecule has 13 aromatic carbocycles. The van der Waals surface area contributed by atoms with E-state index in [9.17, 15) is 42.0 Å². The first kappa shape index (κ1) is 28.0. The number of aromatic nitrogens is 4. The van der Waals surface area contributed by atoms with Crippen LogP contribution < -0.4 is 0 Å². The van der Waals surface area contributed by atoms with Crippen molar-refractivity contribution in [2.45, 2.75) is 0 Å². The van der Waals surface area contributed by atoms with Crippen LogP contribution in [0.3, 0.4) is 0 Å². The minimum Gasteiger partial charge on any atom is -0.456 e. The first-order chi connectivity index (χ1) is 51.1. The van der Waals surface area contributed by atoms with Crippen LogP contribution in [0.15, 0.2) is 259 Å². The molecule has 0 aliphatic rings. The topological polar surface area (TPSA) is 61.0 Å². The molecule has 83 heavy (non-hydrogen) atoms. The van der Waals surface area contributed by atoms with Gasteiger partial charge in [0.2, 0.25) is 5.69 Å². The fourth-order valence-electron chi connectivity index (χ4n) is 12.8. The van der Waals surface area contributed by atoms with E-state index < -0.39 is 244 Å². The van der Waals surface area contributed by atoms with Gasteiger partial charge in [0.05, 0.1) is 117 Å². The number of hydrogen-bond acceptors (Lipinski definition) is 2. The third-order valence-electron chi connectivity index (χ3n) is 15.9. The van der Waals surface area contributed by atoms with E-state index in [0.717, 1.165) is 35.2 Å². The lowest BCUT2D eigenvalue weighted by molar-refractivity contribution is 0.669. The smallest absolute Gasteiger partial charge is 0.237 e. The molecule has 0 amide bonds. The van der Waals surface area contributed by atoms with E-state index in [1.165, 1.54) is 0 Å². The summed E-state index contributed by atoms with van der Waals surface area (Å²) in [5, 5.41) is 14.5. The first-order valence-corrected chi connectivity index (χ1v) is 26.0. The molecule has 0 spiro atoms. The summed E-state index contributed by atoms with van der Waals surface area (Å²) >= 11 is 0. The summed E-state index contributed by atoms with van der Waals surface area (Å²) < 4.78 is 242. The molecule has 18 rings (SSSR count). The number of fused-ring (bicyclic) bond motifs is 19. The Morgan fingerprint density at radius 1 is 0.373 bits per heavy atom. The zero-order valence-electron chi connectivity index (χ0n) is 66.5. The number of para-hydroxylation sites is 7. The average molecular weight is 1080 g/mol. The van der Waals surface area contributed by atoms with Crippen LogP contribution in [-0.2, 0) is 0 Å². The second kappa shape index (κ2) is 16.9. The second-order valence-electron chi connectivity index (χ2n) is 19.8. The monoisotopic (exact) mass is 1080 g/mol. The number of hydrogen-bond donors (Lipinski definition) is 0. The Bertz CT molecular complexity index is 7050. The van der Waals surface area contributed by atoms with Crippen LogP contribution in [-0.4, -0.2) is 18.3 Å². The second-order valence-corrected chi connectivity index (χ2v) is 19.8. The lowest BCUT2D eigenvalue weighted by Gasteiger charge is -2.27. The zero-order valence-corrected chi connectivity index (χ0v) is 42.5. The quantitative estimate of drug-likeness (QED) is 0.127. The van der Waals surface area contributed by atoms with Crippen molar-refractivity contribution < 1.29 is 37.3 Å². The Morgan fingerprint density at radius 3 is 1.41 bits per heavy atom. The highest BCUT2D eigenvalue weighted by molar-refractivity contribution is 6.29. The van der Waals surface area contributed by atoms with E-state index in [2.05, 4.69) is 10.9 Å². The molecule has 7 nitrogen and oxygen atoms in total. The molecule has 0 aliphatic carbocycles. The summed E-state index contributed by atoms with van der Waals surface area (Å²) in [6, 6.07) is 13.2. The molecule has 0 saturated carbocycles. The highest BCUT2D eigenvalue weighted by Gasteiger charge is 2.35.